The third kappa shape index (κ3) is 1.90. The number of hydrogen-bond donors (Lipinski definition) is 4. The van der Waals surface area contributed by atoms with Gasteiger partial charge in [0.05, 0.1) is 0 Å². The van der Waals surface area contributed by atoms with E-state index in [0.717, 1.165) is 5.01 Å². The zero-order chi connectivity index (χ0) is 8.31. The van der Waals surface area contributed by atoms with E-state index in [9.17, 15) is 0 Å². The van der Waals surface area contributed by atoms with Crippen molar-refractivity contribution in [2.75, 3.05) is 14.1 Å². The third-order valence-corrected chi connectivity index (χ3v) is 0.856. The molecule has 6 nitrogen and oxygen atoms in total. The number of nitrogens with one attached hydrogen (secondary N) is 2. The maximum Gasteiger partial charge on any atom is 0.210 e. The van der Waals surface area contributed by atoms with Crippen LogP contribution in [0, 0.1) is 10.8 Å². The molecule has 0 aromatic carbocycles. The Labute approximate surface area is 59.4 Å². The largest absolute Gasteiger partial charge is 0.369 e. The first-order valence-electron chi connectivity index (χ1n) is 2.62. The molecule has 58 valence electrons. The summed E-state index contributed by atoms with van der Waals surface area (Å²) in [4.78, 5) is 0. The van der Waals surface area contributed by atoms with Gasteiger partial charge in [-0.2, -0.15) is 0 Å². The van der Waals surface area contributed by atoms with Crippen molar-refractivity contribution in [2.45, 2.75) is 0 Å². The summed E-state index contributed by atoms with van der Waals surface area (Å²) in [6.07, 6.45) is 0. The van der Waals surface area contributed by atoms with Crippen LogP contribution in [-0.4, -0.2) is 36.0 Å². The first kappa shape index (κ1) is 8.70. The van der Waals surface area contributed by atoms with Crippen LogP contribution in [0.15, 0.2) is 0 Å². The van der Waals surface area contributed by atoms with E-state index in [1.165, 1.54) is 5.01 Å². The zero-order valence-electron chi connectivity index (χ0n) is 6.05. The minimum absolute atomic E-state index is 0.266. The van der Waals surface area contributed by atoms with Crippen molar-refractivity contribution < 1.29 is 0 Å². The first-order chi connectivity index (χ1) is 4.46. The number of hydrazine groups is 1. The highest BCUT2D eigenvalue weighted by molar-refractivity contribution is 5.93. The molecule has 0 aromatic rings. The van der Waals surface area contributed by atoms with Crippen LogP contribution in [0.25, 0.3) is 0 Å². The van der Waals surface area contributed by atoms with Gasteiger partial charge in [-0.15, -0.1) is 0 Å². The van der Waals surface area contributed by atoms with E-state index in [4.69, 9.17) is 22.3 Å². The Bertz CT molecular complexity index is 136. The molecule has 0 aliphatic carbocycles. The molecule has 0 spiro atoms. The molecule has 6 heteroatoms. The van der Waals surface area contributed by atoms with Crippen molar-refractivity contribution in [3.63, 3.8) is 0 Å². The lowest BCUT2D eigenvalue weighted by Crippen LogP contribution is -2.52. The summed E-state index contributed by atoms with van der Waals surface area (Å²) in [5.74, 6) is -0.532. The van der Waals surface area contributed by atoms with Gasteiger partial charge in [0.2, 0.25) is 11.9 Å². The zero-order valence-corrected chi connectivity index (χ0v) is 6.05. The van der Waals surface area contributed by atoms with Crippen LogP contribution >= 0.6 is 0 Å². The van der Waals surface area contributed by atoms with E-state index in [1.54, 1.807) is 14.1 Å². The Balaban J connectivity index is 4.27. The van der Waals surface area contributed by atoms with E-state index in [0.29, 0.717) is 0 Å². The van der Waals surface area contributed by atoms with E-state index in [1.807, 2.05) is 0 Å². The second kappa shape index (κ2) is 3.02. The molecule has 0 unspecified atom stereocenters. The summed E-state index contributed by atoms with van der Waals surface area (Å²) in [5.41, 5.74) is 10.2. The fraction of sp³-hybridized carbons (Fsp3) is 0.500. The average Bonchev–Trinajstić information content (AvgIpc) is 1.59. The summed E-state index contributed by atoms with van der Waals surface area (Å²) < 4.78 is 0. The summed E-state index contributed by atoms with van der Waals surface area (Å²) >= 11 is 0. The van der Waals surface area contributed by atoms with Gasteiger partial charge in [0, 0.05) is 14.1 Å². The number of nitrogens with two attached hydrogens (primary N) is 2. The SMILES string of the molecule is CN(C)N(C(=N)N)C(=N)N. The van der Waals surface area contributed by atoms with Crippen molar-refractivity contribution in [1.82, 2.24) is 10.0 Å². The van der Waals surface area contributed by atoms with Crippen LogP contribution in [0.2, 0.25) is 0 Å². The van der Waals surface area contributed by atoms with Gasteiger partial charge in [0.15, 0.2) is 0 Å². The van der Waals surface area contributed by atoms with Crippen molar-refractivity contribution in [1.29, 1.82) is 10.8 Å². The number of hydrogen-bond acceptors (Lipinski definition) is 3. The molecule has 0 rings (SSSR count). The number of rotatable bonds is 1. The van der Waals surface area contributed by atoms with E-state index < -0.39 is 0 Å². The molecule has 0 saturated heterocycles. The lowest BCUT2D eigenvalue weighted by Gasteiger charge is -2.26. The Hall–Kier alpha value is -1.30. The van der Waals surface area contributed by atoms with Gasteiger partial charge in [0.25, 0.3) is 0 Å². The third-order valence-electron chi connectivity index (χ3n) is 0.856. The predicted molar refractivity (Wildman–Crippen MR) is 39.4 cm³/mol. The van der Waals surface area contributed by atoms with Gasteiger partial charge in [0.1, 0.15) is 0 Å². The minimum Gasteiger partial charge on any atom is -0.369 e. The second-order valence-electron chi connectivity index (χ2n) is 1.93. The van der Waals surface area contributed by atoms with Crippen molar-refractivity contribution in [3.8, 4) is 0 Å². The van der Waals surface area contributed by atoms with Crippen LogP contribution in [0.3, 0.4) is 0 Å². The van der Waals surface area contributed by atoms with E-state index in [2.05, 4.69) is 0 Å². The Morgan fingerprint density at radius 2 is 1.40 bits per heavy atom. The highest BCUT2D eigenvalue weighted by Gasteiger charge is 2.10. The molecule has 0 aliphatic rings. The maximum absolute atomic E-state index is 6.95. The normalized spacial score (nSPS) is 9.50. The second-order valence-corrected chi connectivity index (χ2v) is 1.93. The Morgan fingerprint density at radius 3 is 1.40 bits per heavy atom. The molecule has 0 atom stereocenters. The van der Waals surface area contributed by atoms with Gasteiger partial charge >= 0.3 is 0 Å². The quantitative estimate of drug-likeness (QED) is 0.205. The van der Waals surface area contributed by atoms with Crippen LogP contribution in [0.1, 0.15) is 0 Å². The average molecular weight is 144 g/mol. The standard InChI is InChI=1S/C4H12N6/c1-9(2)10(3(5)6)4(7)8/h1-2H3,(H3,5,6)(H3,7,8). The molecule has 0 saturated carbocycles. The molecule has 0 aromatic heterocycles. The van der Waals surface area contributed by atoms with Crippen LogP contribution < -0.4 is 11.5 Å². The van der Waals surface area contributed by atoms with Crippen molar-refractivity contribution in [3.05, 3.63) is 0 Å². The summed E-state index contributed by atoms with van der Waals surface area (Å²) in [6, 6.07) is 0. The fourth-order valence-electron chi connectivity index (χ4n) is 0.561. The van der Waals surface area contributed by atoms with Gasteiger partial charge in [-0.3, -0.25) is 10.8 Å². The van der Waals surface area contributed by atoms with Crippen LogP contribution in [0.4, 0.5) is 0 Å². The van der Waals surface area contributed by atoms with Crippen LogP contribution in [-0.2, 0) is 0 Å². The molecule has 0 aliphatic heterocycles. The van der Waals surface area contributed by atoms with Gasteiger partial charge in [-0.1, -0.05) is 0 Å². The monoisotopic (exact) mass is 144 g/mol. The molecule has 6 N–H and O–H groups in total. The lowest BCUT2D eigenvalue weighted by atomic mass is 10.8. The van der Waals surface area contributed by atoms with Crippen molar-refractivity contribution >= 4 is 11.9 Å². The molecule has 0 fully saturated rings. The first-order valence-corrected chi connectivity index (χ1v) is 2.62. The lowest BCUT2D eigenvalue weighted by molar-refractivity contribution is 0.191. The Kier molecular flexibility index (Phi) is 2.63. The van der Waals surface area contributed by atoms with E-state index in [-0.39, 0.29) is 11.9 Å². The Morgan fingerprint density at radius 1 is 1.10 bits per heavy atom. The minimum atomic E-state index is -0.266. The maximum atomic E-state index is 6.95. The highest BCUT2D eigenvalue weighted by Crippen LogP contribution is 1.86. The molecule has 0 amide bonds. The highest BCUT2D eigenvalue weighted by atomic mass is 15.7. The summed E-state index contributed by atoms with van der Waals surface area (Å²) in [6.45, 7) is 0. The molecular weight excluding hydrogens is 132 g/mol. The predicted octanol–water partition coefficient (Wildman–Crippen LogP) is -1.45. The van der Waals surface area contributed by atoms with Gasteiger partial charge in [-0.25, -0.2) is 10.0 Å². The van der Waals surface area contributed by atoms with Crippen LogP contribution in [0.5, 0.6) is 0 Å². The molecule has 0 bridgehead atoms. The topological polar surface area (TPSA) is 106 Å². The summed E-state index contributed by atoms with van der Waals surface area (Å²) in [5, 5.41) is 16.4. The van der Waals surface area contributed by atoms with Gasteiger partial charge < -0.3 is 11.5 Å². The molecule has 0 radical (unpaired) electrons. The smallest absolute Gasteiger partial charge is 0.210 e. The van der Waals surface area contributed by atoms with Gasteiger partial charge in [-0.05, 0) is 0 Å². The molecule has 0 heterocycles. The summed E-state index contributed by atoms with van der Waals surface area (Å²) in [7, 11) is 3.28. The van der Waals surface area contributed by atoms with Crippen molar-refractivity contribution in [2.24, 2.45) is 11.5 Å². The fourth-order valence-corrected chi connectivity index (χ4v) is 0.561. The molecular formula is C4H12N6. The van der Waals surface area contributed by atoms with E-state index >= 15 is 0 Å². The number of nitrogens with zero attached hydrogens (tertiary/aromatic N) is 2. The molecule has 10 heavy (non-hydrogen) atoms. The number of guanidine groups is 2.